The van der Waals surface area contributed by atoms with Crippen molar-refractivity contribution in [2.45, 2.75) is 24.0 Å². The normalized spacial score (nSPS) is 16.5. The Balaban J connectivity index is 1.83. The first-order valence-electron chi connectivity index (χ1n) is 7.16. The predicted molar refractivity (Wildman–Crippen MR) is 86.3 cm³/mol. The summed E-state index contributed by atoms with van der Waals surface area (Å²) >= 11 is 1.83. The SMILES string of the molecule is CSC1(CNC(=O)c2ccc(F)c3ccccc23)CCC1. The van der Waals surface area contributed by atoms with Gasteiger partial charge < -0.3 is 5.32 Å². The minimum atomic E-state index is -0.290. The quantitative estimate of drug-likeness (QED) is 0.925. The lowest BCUT2D eigenvalue weighted by atomic mass is 9.84. The third-order valence-electron chi connectivity index (χ3n) is 4.38. The van der Waals surface area contributed by atoms with Crippen molar-refractivity contribution in [3.05, 3.63) is 47.8 Å². The molecule has 110 valence electrons. The number of halogens is 1. The minimum Gasteiger partial charge on any atom is -0.351 e. The number of amides is 1. The molecule has 0 aliphatic heterocycles. The van der Waals surface area contributed by atoms with Gasteiger partial charge in [0.25, 0.3) is 5.91 Å². The molecular formula is C17H18FNOS. The van der Waals surface area contributed by atoms with Crippen LogP contribution in [0.3, 0.4) is 0 Å². The molecule has 0 atom stereocenters. The Morgan fingerprint density at radius 1 is 1.24 bits per heavy atom. The van der Waals surface area contributed by atoms with E-state index in [0.29, 0.717) is 22.9 Å². The maximum atomic E-state index is 13.8. The molecule has 1 aliphatic carbocycles. The lowest BCUT2D eigenvalue weighted by Gasteiger charge is -2.40. The van der Waals surface area contributed by atoms with Crippen LogP contribution in [0.2, 0.25) is 0 Å². The number of hydrogen-bond donors (Lipinski definition) is 1. The fourth-order valence-corrected chi connectivity index (χ4v) is 3.73. The van der Waals surface area contributed by atoms with E-state index in [1.807, 2.05) is 17.8 Å². The second-order valence-electron chi connectivity index (χ2n) is 5.56. The number of thioether (sulfide) groups is 1. The molecule has 1 aliphatic rings. The summed E-state index contributed by atoms with van der Waals surface area (Å²) < 4.78 is 14.0. The van der Waals surface area contributed by atoms with E-state index in [9.17, 15) is 9.18 Å². The Morgan fingerprint density at radius 2 is 1.95 bits per heavy atom. The van der Waals surface area contributed by atoms with Crippen molar-refractivity contribution >= 4 is 28.4 Å². The Morgan fingerprint density at radius 3 is 2.57 bits per heavy atom. The molecule has 2 aromatic rings. The zero-order valence-electron chi connectivity index (χ0n) is 12.0. The highest BCUT2D eigenvalue weighted by Gasteiger charge is 2.36. The van der Waals surface area contributed by atoms with Gasteiger partial charge in [-0.05, 0) is 36.6 Å². The van der Waals surface area contributed by atoms with Crippen LogP contribution < -0.4 is 5.32 Å². The predicted octanol–water partition coefficient (Wildman–Crippen LogP) is 3.99. The molecule has 1 amide bonds. The average molecular weight is 303 g/mol. The molecule has 0 saturated heterocycles. The van der Waals surface area contributed by atoms with Crippen molar-refractivity contribution in [2.24, 2.45) is 0 Å². The van der Waals surface area contributed by atoms with Crippen LogP contribution in [-0.4, -0.2) is 23.5 Å². The number of carbonyl (C=O) groups is 1. The number of nitrogens with one attached hydrogen (secondary N) is 1. The molecular weight excluding hydrogens is 285 g/mol. The van der Waals surface area contributed by atoms with Gasteiger partial charge in [-0.3, -0.25) is 4.79 Å². The van der Waals surface area contributed by atoms with Gasteiger partial charge in [0, 0.05) is 22.2 Å². The zero-order chi connectivity index (χ0) is 14.9. The molecule has 1 fully saturated rings. The van der Waals surface area contributed by atoms with Gasteiger partial charge >= 0.3 is 0 Å². The van der Waals surface area contributed by atoms with Crippen molar-refractivity contribution < 1.29 is 9.18 Å². The summed E-state index contributed by atoms with van der Waals surface area (Å²) in [7, 11) is 0. The summed E-state index contributed by atoms with van der Waals surface area (Å²) in [5.74, 6) is -0.409. The van der Waals surface area contributed by atoms with Gasteiger partial charge in [-0.15, -0.1) is 0 Å². The van der Waals surface area contributed by atoms with Crippen molar-refractivity contribution in [1.29, 1.82) is 0 Å². The maximum absolute atomic E-state index is 13.8. The standard InChI is InChI=1S/C17H18FNOS/c1-21-17(9-4-10-17)11-19-16(20)14-7-8-15(18)13-6-3-2-5-12(13)14/h2-3,5-8H,4,9-11H2,1H3,(H,19,20). The molecule has 2 aromatic carbocycles. The molecule has 2 nitrogen and oxygen atoms in total. The first-order valence-corrected chi connectivity index (χ1v) is 8.38. The van der Waals surface area contributed by atoms with E-state index < -0.39 is 0 Å². The fraction of sp³-hybridized carbons (Fsp3) is 0.353. The topological polar surface area (TPSA) is 29.1 Å². The van der Waals surface area contributed by atoms with E-state index in [0.717, 1.165) is 12.8 Å². The highest BCUT2D eigenvalue weighted by atomic mass is 32.2. The van der Waals surface area contributed by atoms with Gasteiger partial charge in [0.15, 0.2) is 0 Å². The smallest absolute Gasteiger partial charge is 0.251 e. The van der Waals surface area contributed by atoms with E-state index in [4.69, 9.17) is 0 Å². The lowest BCUT2D eigenvalue weighted by Crippen LogP contribution is -2.45. The summed E-state index contributed by atoms with van der Waals surface area (Å²) in [5, 5.41) is 4.18. The van der Waals surface area contributed by atoms with Gasteiger partial charge in [0.2, 0.25) is 0 Å². The van der Waals surface area contributed by atoms with Crippen LogP contribution in [0.5, 0.6) is 0 Å². The molecule has 0 radical (unpaired) electrons. The van der Waals surface area contributed by atoms with Crippen molar-refractivity contribution in [3.8, 4) is 0 Å². The zero-order valence-corrected chi connectivity index (χ0v) is 12.8. The Hall–Kier alpha value is -1.55. The highest BCUT2D eigenvalue weighted by Crippen LogP contribution is 2.42. The van der Waals surface area contributed by atoms with E-state index in [1.54, 1.807) is 24.3 Å². The van der Waals surface area contributed by atoms with E-state index in [1.165, 1.54) is 12.5 Å². The van der Waals surface area contributed by atoms with Crippen LogP contribution in [0.15, 0.2) is 36.4 Å². The van der Waals surface area contributed by atoms with Crippen LogP contribution >= 0.6 is 11.8 Å². The van der Waals surface area contributed by atoms with Gasteiger partial charge in [-0.25, -0.2) is 4.39 Å². The van der Waals surface area contributed by atoms with E-state index in [2.05, 4.69) is 11.6 Å². The number of carbonyl (C=O) groups excluding carboxylic acids is 1. The van der Waals surface area contributed by atoms with Crippen LogP contribution in [0, 0.1) is 5.82 Å². The van der Waals surface area contributed by atoms with Crippen LogP contribution in [0.1, 0.15) is 29.6 Å². The molecule has 0 unspecified atom stereocenters. The molecule has 4 heteroatoms. The van der Waals surface area contributed by atoms with Crippen LogP contribution in [0.25, 0.3) is 10.8 Å². The number of benzene rings is 2. The number of hydrogen-bond acceptors (Lipinski definition) is 2. The second kappa shape index (κ2) is 5.68. The summed E-state index contributed by atoms with van der Waals surface area (Å²) in [4.78, 5) is 12.4. The van der Waals surface area contributed by atoms with Crippen LogP contribution in [0.4, 0.5) is 4.39 Å². The van der Waals surface area contributed by atoms with Gasteiger partial charge in [-0.1, -0.05) is 30.7 Å². The Kier molecular flexibility index (Phi) is 3.89. The van der Waals surface area contributed by atoms with Crippen molar-refractivity contribution in [1.82, 2.24) is 5.32 Å². The highest BCUT2D eigenvalue weighted by molar-refractivity contribution is 8.00. The average Bonchev–Trinajstić information content (AvgIpc) is 2.47. The maximum Gasteiger partial charge on any atom is 0.251 e. The lowest BCUT2D eigenvalue weighted by molar-refractivity contribution is 0.0945. The van der Waals surface area contributed by atoms with E-state index >= 15 is 0 Å². The third-order valence-corrected chi connectivity index (χ3v) is 5.80. The monoisotopic (exact) mass is 303 g/mol. The van der Waals surface area contributed by atoms with Gasteiger partial charge in [0.1, 0.15) is 5.82 Å². The van der Waals surface area contributed by atoms with E-state index in [-0.39, 0.29) is 16.5 Å². The number of fused-ring (bicyclic) bond motifs is 1. The largest absolute Gasteiger partial charge is 0.351 e. The minimum absolute atomic E-state index is 0.119. The molecule has 3 rings (SSSR count). The van der Waals surface area contributed by atoms with Gasteiger partial charge in [-0.2, -0.15) is 11.8 Å². The first-order chi connectivity index (χ1) is 10.2. The molecule has 0 aromatic heterocycles. The van der Waals surface area contributed by atoms with Crippen molar-refractivity contribution in [3.63, 3.8) is 0 Å². The molecule has 0 heterocycles. The third kappa shape index (κ3) is 2.64. The molecule has 0 spiro atoms. The van der Waals surface area contributed by atoms with Gasteiger partial charge in [0.05, 0.1) is 0 Å². The summed E-state index contributed by atoms with van der Waals surface area (Å²) in [6.07, 6.45) is 5.63. The fourth-order valence-electron chi connectivity index (χ4n) is 2.82. The molecule has 0 bridgehead atoms. The summed E-state index contributed by atoms with van der Waals surface area (Å²) in [5.41, 5.74) is 0.544. The summed E-state index contributed by atoms with van der Waals surface area (Å²) in [6.45, 7) is 0.679. The summed E-state index contributed by atoms with van der Waals surface area (Å²) in [6, 6.07) is 10.0. The second-order valence-corrected chi connectivity index (χ2v) is 6.84. The Bertz CT molecular complexity index is 676. The molecule has 1 N–H and O–H groups in total. The number of rotatable bonds is 4. The molecule has 1 saturated carbocycles. The van der Waals surface area contributed by atoms with Crippen LogP contribution in [-0.2, 0) is 0 Å². The first kappa shape index (κ1) is 14.4. The molecule has 21 heavy (non-hydrogen) atoms. The van der Waals surface area contributed by atoms with Crippen molar-refractivity contribution in [2.75, 3.05) is 12.8 Å². The Labute approximate surface area is 128 Å².